The average molecular weight is 272 g/mol. The van der Waals surface area contributed by atoms with Gasteiger partial charge in [0, 0.05) is 13.1 Å². The van der Waals surface area contributed by atoms with Crippen molar-refractivity contribution >= 4 is 5.91 Å². The molecule has 0 bridgehead atoms. The van der Waals surface area contributed by atoms with Crippen molar-refractivity contribution < 1.29 is 4.79 Å². The van der Waals surface area contributed by atoms with E-state index in [2.05, 4.69) is 34.5 Å². The van der Waals surface area contributed by atoms with Gasteiger partial charge in [0.2, 0.25) is 5.91 Å². The third-order valence-electron chi connectivity index (χ3n) is 4.84. The second-order valence-electron chi connectivity index (χ2n) is 6.05. The Morgan fingerprint density at radius 1 is 1.00 bits per heavy atom. The van der Waals surface area contributed by atoms with Crippen molar-refractivity contribution in [2.75, 3.05) is 26.2 Å². The van der Waals surface area contributed by atoms with E-state index in [1.165, 1.54) is 12.0 Å². The molecule has 3 rings (SSSR count). The molecule has 0 saturated carbocycles. The molecule has 0 unspecified atom stereocenters. The van der Waals surface area contributed by atoms with E-state index in [0.29, 0.717) is 5.91 Å². The SMILES string of the molecule is O=C(N1CCCCC1)C1(c2ccccc2)CCNCC1. The van der Waals surface area contributed by atoms with Gasteiger partial charge in [-0.25, -0.2) is 0 Å². The van der Waals surface area contributed by atoms with Gasteiger partial charge in [-0.2, -0.15) is 0 Å². The first-order chi connectivity index (χ1) is 9.83. The zero-order valence-corrected chi connectivity index (χ0v) is 12.1. The van der Waals surface area contributed by atoms with E-state index in [0.717, 1.165) is 51.9 Å². The van der Waals surface area contributed by atoms with Gasteiger partial charge in [-0.3, -0.25) is 4.79 Å². The molecule has 1 amide bonds. The number of rotatable bonds is 2. The summed E-state index contributed by atoms with van der Waals surface area (Å²) in [7, 11) is 0. The van der Waals surface area contributed by atoms with Crippen molar-refractivity contribution in [3.05, 3.63) is 35.9 Å². The molecule has 3 nitrogen and oxygen atoms in total. The molecule has 0 radical (unpaired) electrons. The summed E-state index contributed by atoms with van der Waals surface area (Å²) in [5, 5.41) is 3.40. The first-order valence-electron chi connectivity index (χ1n) is 7.89. The zero-order valence-electron chi connectivity index (χ0n) is 12.1. The molecule has 2 saturated heterocycles. The largest absolute Gasteiger partial charge is 0.342 e. The van der Waals surface area contributed by atoms with Crippen LogP contribution in [0, 0.1) is 0 Å². The summed E-state index contributed by atoms with van der Waals surface area (Å²) in [6.45, 7) is 3.77. The minimum Gasteiger partial charge on any atom is -0.342 e. The van der Waals surface area contributed by atoms with Crippen LogP contribution in [0.3, 0.4) is 0 Å². The molecule has 3 heteroatoms. The first kappa shape index (κ1) is 13.6. The maximum absolute atomic E-state index is 13.2. The van der Waals surface area contributed by atoms with E-state index in [9.17, 15) is 4.79 Å². The fourth-order valence-corrected chi connectivity index (χ4v) is 3.64. The van der Waals surface area contributed by atoms with E-state index in [1.54, 1.807) is 0 Å². The molecule has 108 valence electrons. The third kappa shape index (κ3) is 2.47. The number of carbonyl (C=O) groups excluding carboxylic acids is 1. The summed E-state index contributed by atoms with van der Waals surface area (Å²) in [6, 6.07) is 10.4. The summed E-state index contributed by atoms with van der Waals surface area (Å²) in [4.78, 5) is 15.3. The average Bonchev–Trinajstić information content (AvgIpc) is 2.56. The molecule has 2 heterocycles. The van der Waals surface area contributed by atoms with E-state index >= 15 is 0 Å². The molecule has 0 aliphatic carbocycles. The maximum atomic E-state index is 13.2. The molecule has 0 spiro atoms. The molecule has 1 aromatic carbocycles. The highest BCUT2D eigenvalue weighted by Gasteiger charge is 2.43. The van der Waals surface area contributed by atoms with Gasteiger partial charge in [-0.1, -0.05) is 30.3 Å². The monoisotopic (exact) mass is 272 g/mol. The van der Waals surface area contributed by atoms with E-state index < -0.39 is 0 Å². The number of piperidine rings is 2. The number of likely N-dealkylation sites (tertiary alicyclic amines) is 1. The number of nitrogens with one attached hydrogen (secondary N) is 1. The molecule has 0 atom stereocenters. The smallest absolute Gasteiger partial charge is 0.233 e. The van der Waals surface area contributed by atoms with Crippen LogP contribution in [-0.2, 0) is 10.2 Å². The van der Waals surface area contributed by atoms with Crippen LogP contribution in [0.2, 0.25) is 0 Å². The van der Waals surface area contributed by atoms with Gasteiger partial charge in [0.25, 0.3) is 0 Å². The predicted octanol–water partition coefficient (Wildman–Crippen LogP) is 2.32. The first-order valence-corrected chi connectivity index (χ1v) is 7.89. The highest BCUT2D eigenvalue weighted by atomic mass is 16.2. The van der Waals surface area contributed by atoms with Gasteiger partial charge >= 0.3 is 0 Å². The number of amides is 1. The molecule has 1 aromatic rings. The van der Waals surface area contributed by atoms with Gasteiger partial charge in [0.05, 0.1) is 5.41 Å². The molecule has 20 heavy (non-hydrogen) atoms. The van der Waals surface area contributed by atoms with Crippen LogP contribution >= 0.6 is 0 Å². The summed E-state index contributed by atoms with van der Waals surface area (Å²) >= 11 is 0. The van der Waals surface area contributed by atoms with Crippen molar-refractivity contribution in [1.29, 1.82) is 0 Å². The molecule has 2 fully saturated rings. The summed E-state index contributed by atoms with van der Waals surface area (Å²) < 4.78 is 0. The molecule has 1 N–H and O–H groups in total. The lowest BCUT2D eigenvalue weighted by Gasteiger charge is -2.41. The fraction of sp³-hybridized carbons (Fsp3) is 0.588. The summed E-state index contributed by atoms with van der Waals surface area (Å²) in [5.41, 5.74) is 0.918. The molecular formula is C17H24N2O. The Morgan fingerprint density at radius 2 is 1.65 bits per heavy atom. The normalized spacial score (nSPS) is 22.5. The highest BCUT2D eigenvalue weighted by molar-refractivity contribution is 5.88. The number of benzene rings is 1. The Kier molecular flexibility index (Phi) is 4.06. The predicted molar refractivity (Wildman–Crippen MR) is 80.7 cm³/mol. The van der Waals surface area contributed by atoms with Crippen LogP contribution < -0.4 is 5.32 Å². The molecule has 2 aliphatic heterocycles. The number of hydrogen-bond donors (Lipinski definition) is 1. The molecule has 2 aliphatic rings. The number of nitrogens with zero attached hydrogens (tertiary/aromatic N) is 1. The van der Waals surface area contributed by atoms with Crippen LogP contribution in [0.15, 0.2) is 30.3 Å². The topological polar surface area (TPSA) is 32.3 Å². The number of carbonyl (C=O) groups is 1. The lowest BCUT2D eigenvalue weighted by molar-refractivity contribution is -0.139. The van der Waals surface area contributed by atoms with E-state index in [1.807, 2.05) is 6.07 Å². The standard InChI is InChI=1S/C17H24N2O/c20-16(19-13-5-2-6-14-19)17(9-11-18-12-10-17)15-7-3-1-4-8-15/h1,3-4,7-8,18H,2,5-6,9-14H2. The van der Waals surface area contributed by atoms with Crippen LogP contribution in [0.4, 0.5) is 0 Å². The van der Waals surface area contributed by atoms with Gasteiger partial charge < -0.3 is 10.2 Å². The van der Waals surface area contributed by atoms with Crippen molar-refractivity contribution in [1.82, 2.24) is 10.2 Å². The highest BCUT2D eigenvalue weighted by Crippen LogP contribution is 2.36. The second-order valence-corrected chi connectivity index (χ2v) is 6.05. The van der Waals surface area contributed by atoms with Gasteiger partial charge in [0.1, 0.15) is 0 Å². The zero-order chi connectivity index (χ0) is 13.8. The maximum Gasteiger partial charge on any atom is 0.233 e. The van der Waals surface area contributed by atoms with Crippen LogP contribution in [0.25, 0.3) is 0 Å². The van der Waals surface area contributed by atoms with Gasteiger partial charge in [-0.15, -0.1) is 0 Å². The summed E-state index contributed by atoms with van der Waals surface area (Å²) in [5.74, 6) is 0.366. The minimum atomic E-state index is -0.288. The van der Waals surface area contributed by atoms with Gasteiger partial charge in [0.15, 0.2) is 0 Å². The van der Waals surface area contributed by atoms with Crippen molar-refractivity contribution in [2.45, 2.75) is 37.5 Å². The molecule has 0 aromatic heterocycles. The Bertz CT molecular complexity index is 445. The Morgan fingerprint density at radius 3 is 2.30 bits per heavy atom. The van der Waals surface area contributed by atoms with Crippen LogP contribution in [0.1, 0.15) is 37.7 Å². The quantitative estimate of drug-likeness (QED) is 0.896. The van der Waals surface area contributed by atoms with Crippen molar-refractivity contribution in [2.24, 2.45) is 0 Å². The lowest BCUT2D eigenvalue weighted by Crippen LogP contribution is -2.53. The Labute approximate surface area is 121 Å². The van der Waals surface area contributed by atoms with Crippen LogP contribution in [-0.4, -0.2) is 37.0 Å². The van der Waals surface area contributed by atoms with Crippen molar-refractivity contribution in [3.63, 3.8) is 0 Å². The Hall–Kier alpha value is -1.35. The number of hydrogen-bond acceptors (Lipinski definition) is 2. The third-order valence-corrected chi connectivity index (χ3v) is 4.84. The molecular weight excluding hydrogens is 248 g/mol. The lowest BCUT2D eigenvalue weighted by atomic mass is 9.72. The fourth-order valence-electron chi connectivity index (χ4n) is 3.64. The van der Waals surface area contributed by atoms with Crippen LogP contribution in [0.5, 0.6) is 0 Å². The second kappa shape index (κ2) is 5.96. The van der Waals surface area contributed by atoms with Crippen molar-refractivity contribution in [3.8, 4) is 0 Å². The Balaban J connectivity index is 1.91. The summed E-state index contributed by atoms with van der Waals surface area (Å²) in [6.07, 6.45) is 5.44. The van der Waals surface area contributed by atoms with Gasteiger partial charge in [-0.05, 0) is 50.8 Å². The van der Waals surface area contributed by atoms with E-state index in [4.69, 9.17) is 0 Å². The minimum absolute atomic E-state index is 0.288. The van der Waals surface area contributed by atoms with E-state index in [-0.39, 0.29) is 5.41 Å².